The molecule has 2 rings (SSSR count). The SMILES string of the molecule is CC(C)CN(c1cncc(CO)n1)C1CC1. The summed E-state index contributed by atoms with van der Waals surface area (Å²) in [5.74, 6) is 1.52. The predicted molar refractivity (Wildman–Crippen MR) is 63.2 cm³/mol. The van der Waals surface area contributed by atoms with Crippen molar-refractivity contribution in [3.05, 3.63) is 18.1 Å². The van der Waals surface area contributed by atoms with Crippen molar-refractivity contribution < 1.29 is 5.11 Å². The van der Waals surface area contributed by atoms with Crippen LogP contribution < -0.4 is 4.90 Å². The van der Waals surface area contributed by atoms with Gasteiger partial charge in [-0.2, -0.15) is 0 Å². The second-order valence-corrected chi connectivity index (χ2v) is 4.80. The molecular weight excluding hydrogens is 202 g/mol. The van der Waals surface area contributed by atoms with Crippen molar-refractivity contribution in [1.82, 2.24) is 9.97 Å². The van der Waals surface area contributed by atoms with Gasteiger partial charge in [0.1, 0.15) is 5.82 Å². The molecule has 88 valence electrons. The molecular formula is C12H19N3O. The molecule has 0 aromatic carbocycles. The molecule has 1 heterocycles. The first-order valence-electron chi connectivity index (χ1n) is 5.89. The fourth-order valence-corrected chi connectivity index (χ4v) is 1.82. The van der Waals surface area contributed by atoms with E-state index >= 15 is 0 Å². The number of aliphatic hydroxyl groups excluding tert-OH is 1. The van der Waals surface area contributed by atoms with Gasteiger partial charge in [0.25, 0.3) is 0 Å². The maximum atomic E-state index is 9.06. The topological polar surface area (TPSA) is 49.2 Å². The van der Waals surface area contributed by atoms with Crippen molar-refractivity contribution >= 4 is 5.82 Å². The lowest BCUT2D eigenvalue weighted by Crippen LogP contribution is -2.30. The third-order valence-corrected chi connectivity index (χ3v) is 2.68. The van der Waals surface area contributed by atoms with Crippen LogP contribution in [0.25, 0.3) is 0 Å². The minimum Gasteiger partial charge on any atom is -0.390 e. The van der Waals surface area contributed by atoms with Crippen molar-refractivity contribution in [2.75, 3.05) is 11.4 Å². The lowest BCUT2D eigenvalue weighted by atomic mass is 10.2. The highest BCUT2D eigenvalue weighted by molar-refractivity contribution is 5.39. The summed E-state index contributed by atoms with van der Waals surface area (Å²) in [6.07, 6.45) is 5.90. The Bertz CT molecular complexity index is 350. The van der Waals surface area contributed by atoms with E-state index in [0.29, 0.717) is 17.7 Å². The van der Waals surface area contributed by atoms with Gasteiger partial charge in [-0.25, -0.2) is 4.98 Å². The molecule has 4 nitrogen and oxygen atoms in total. The largest absolute Gasteiger partial charge is 0.390 e. The number of rotatable bonds is 5. The van der Waals surface area contributed by atoms with E-state index < -0.39 is 0 Å². The summed E-state index contributed by atoms with van der Waals surface area (Å²) in [5, 5.41) is 9.06. The standard InChI is InChI=1S/C12H19N3O/c1-9(2)7-15(11-3-4-11)12-6-13-5-10(8-16)14-12/h5-6,9,11,16H,3-4,7-8H2,1-2H3. The van der Waals surface area contributed by atoms with E-state index in [1.807, 2.05) is 0 Å². The maximum Gasteiger partial charge on any atom is 0.147 e. The van der Waals surface area contributed by atoms with Crippen LogP contribution in [0.5, 0.6) is 0 Å². The highest BCUT2D eigenvalue weighted by Crippen LogP contribution is 2.30. The van der Waals surface area contributed by atoms with Crippen LogP contribution in [-0.2, 0) is 6.61 Å². The van der Waals surface area contributed by atoms with Gasteiger partial charge < -0.3 is 10.0 Å². The summed E-state index contributed by atoms with van der Waals surface area (Å²) in [5.41, 5.74) is 0.645. The van der Waals surface area contributed by atoms with E-state index in [0.717, 1.165) is 12.4 Å². The third-order valence-electron chi connectivity index (χ3n) is 2.68. The zero-order valence-electron chi connectivity index (χ0n) is 9.93. The van der Waals surface area contributed by atoms with Gasteiger partial charge in [0.05, 0.1) is 24.7 Å². The van der Waals surface area contributed by atoms with E-state index in [4.69, 9.17) is 5.11 Å². The number of anilines is 1. The van der Waals surface area contributed by atoms with Crippen LogP contribution >= 0.6 is 0 Å². The summed E-state index contributed by atoms with van der Waals surface area (Å²) in [6.45, 7) is 5.38. The van der Waals surface area contributed by atoms with E-state index in [1.165, 1.54) is 12.8 Å². The molecule has 0 radical (unpaired) electrons. The van der Waals surface area contributed by atoms with Crippen LogP contribution in [0.15, 0.2) is 12.4 Å². The molecule has 16 heavy (non-hydrogen) atoms. The average molecular weight is 221 g/mol. The van der Waals surface area contributed by atoms with E-state index in [-0.39, 0.29) is 6.61 Å². The Morgan fingerprint density at radius 1 is 1.44 bits per heavy atom. The number of aromatic nitrogens is 2. The first kappa shape index (κ1) is 11.3. The lowest BCUT2D eigenvalue weighted by Gasteiger charge is -2.25. The zero-order chi connectivity index (χ0) is 11.5. The summed E-state index contributed by atoms with van der Waals surface area (Å²) < 4.78 is 0. The van der Waals surface area contributed by atoms with Gasteiger partial charge in [-0.3, -0.25) is 4.98 Å². The van der Waals surface area contributed by atoms with Gasteiger partial charge in [0.2, 0.25) is 0 Å². The third kappa shape index (κ3) is 2.70. The van der Waals surface area contributed by atoms with Gasteiger partial charge in [0.15, 0.2) is 0 Å². The van der Waals surface area contributed by atoms with Gasteiger partial charge >= 0.3 is 0 Å². The van der Waals surface area contributed by atoms with Crippen molar-refractivity contribution in [3.8, 4) is 0 Å². The van der Waals surface area contributed by atoms with Gasteiger partial charge in [-0.05, 0) is 18.8 Å². The summed E-state index contributed by atoms with van der Waals surface area (Å²) >= 11 is 0. The Labute approximate surface area is 96.3 Å². The van der Waals surface area contributed by atoms with Crippen molar-refractivity contribution in [2.45, 2.75) is 39.3 Å². The Morgan fingerprint density at radius 3 is 2.75 bits per heavy atom. The number of aliphatic hydroxyl groups is 1. The first-order valence-corrected chi connectivity index (χ1v) is 5.89. The average Bonchev–Trinajstić information content (AvgIpc) is 3.09. The summed E-state index contributed by atoms with van der Waals surface area (Å²) in [4.78, 5) is 10.9. The molecule has 0 atom stereocenters. The van der Waals surface area contributed by atoms with Crippen LogP contribution in [0, 0.1) is 5.92 Å². The van der Waals surface area contributed by atoms with E-state index in [2.05, 4.69) is 28.7 Å². The van der Waals surface area contributed by atoms with E-state index in [1.54, 1.807) is 12.4 Å². The molecule has 1 aromatic rings. The number of hydrogen-bond acceptors (Lipinski definition) is 4. The van der Waals surface area contributed by atoms with E-state index in [9.17, 15) is 0 Å². The second kappa shape index (κ2) is 4.78. The molecule has 1 N–H and O–H groups in total. The minimum absolute atomic E-state index is 0.0406. The predicted octanol–water partition coefficient (Wildman–Crippen LogP) is 1.59. The molecule has 1 aromatic heterocycles. The van der Waals surface area contributed by atoms with Crippen LogP contribution in [0.4, 0.5) is 5.82 Å². The molecule has 1 fully saturated rings. The molecule has 1 saturated carbocycles. The van der Waals surface area contributed by atoms with Gasteiger partial charge in [0, 0.05) is 12.6 Å². The van der Waals surface area contributed by atoms with Crippen LogP contribution in [0.3, 0.4) is 0 Å². The Hall–Kier alpha value is -1.16. The van der Waals surface area contributed by atoms with Crippen molar-refractivity contribution in [3.63, 3.8) is 0 Å². The van der Waals surface area contributed by atoms with Crippen molar-refractivity contribution in [1.29, 1.82) is 0 Å². The monoisotopic (exact) mass is 221 g/mol. The fourth-order valence-electron chi connectivity index (χ4n) is 1.82. The molecule has 0 spiro atoms. The van der Waals surface area contributed by atoms with Crippen LogP contribution in [-0.4, -0.2) is 27.7 Å². The quantitative estimate of drug-likeness (QED) is 0.820. The molecule has 0 bridgehead atoms. The zero-order valence-corrected chi connectivity index (χ0v) is 9.93. The molecule has 0 aliphatic heterocycles. The Balaban J connectivity index is 2.16. The summed E-state index contributed by atoms with van der Waals surface area (Å²) in [6, 6.07) is 0.630. The summed E-state index contributed by atoms with van der Waals surface area (Å²) in [7, 11) is 0. The highest BCUT2D eigenvalue weighted by atomic mass is 16.3. The molecule has 0 amide bonds. The highest BCUT2D eigenvalue weighted by Gasteiger charge is 2.30. The van der Waals surface area contributed by atoms with Crippen LogP contribution in [0.2, 0.25) is 0 Å². The molecule has 1 aliphatic rings. The Morgan fingerprint density at radius 2 is 2.19 bits per heavy atom. The van der Waals surface area contributed by atoms with Gasteiger partial charge in [-0.15, -0.1) is 0 Å². The number of hydrogen-bond donors (Lipinski definition) is 1. The fraction of sp³-hybridized carbons (Fsp3) is 0.667. The molecule has 4 heteroatoms. The lowest BCUT2D eigenvalue weighted by molar-refractivity contribution is 0.276. The van der Waals surface area contributed by atoms with Crippen LogP contribution in [0.1, 0.15) is 32.4 Å². The second-order valence-electron chi connectivity index (χ2n) is 4.80. The van der Waals surface area contributed by atoms with Crippen molar-refractivity contribution in [2.24, 2.45) is 5.92 Å². The maximum absolute atomic E-state index is 9.06. The molecule has 0 unspecified atom stereocenters. The smallest absolute Gasteiger partial charge is 0.147 e. The minimum atomic E-state index is -0.0406. The normalized spacial score (nSPS) is 15.5. The number of nitrogens with zero attached hydrogens (tertiary/aromatic N) is 3. The molecule has 1 aliphatic carbocycles. The Kier molecular flexibility index (Phi) is 3.39. The van der Waals surface area contributed by atoms with Gasteiger partial charge in [-0.1, -0.05) is 13.8 Å². The first-order chi connectivity index (χ1) is 7.70. The molecule has 0 saturated heterocycles.